The molecule has 1 fully saturated rings. The maximum Gasteiger partial charge on any atom is 0.222 e. The molecule has 0 saturated carbocycles. The average Bonchev–Trinajstić information content (AvgIpc) is 3.17. The molecule has 2 aliphatic rings. The van der Waals surface area contributed by atoms with Gasteiger partial charge in [0.2, 0.25) is 18.2 Å². The summed E-state index contributed by atoms with van der Waals surface area (Å²) in [6.07, 6.45) is 1.83. The summed E-state index contributed by atoms with van der Waals surface area (Å²) in [6.45, 7) is 1.89. The van der Waals surface area contributed by atoms with Crippen molar-refractivity contribution in [1.29, 1.82) is 0 Å². The summed E-state index contributed by atoms with van der Waals surface area (Å²) in [5.41, 5.74) is 7.84. The second-order valence-corrected chi connectivity index (χ2v) is 7.34. The van der Waals surface area contributed by atoms with E-state index in [-0.39, 0.29) is 5.96 Å². The summed E-state index contributed by atoms with van der Waals surface area (Å²) in [4.78, 5) is 13.4. The van der Waals surface area contributed by atoms with E-state index in [2.05, 4.69) is 20.2 Å². The van der Waals surface area contributed by atoms with Crippen LogP contribution < -0.4 is 16.0 Å². The molecule has 2 aromatic rings. The molecule has 3 N–H and O–H groups in total. The third kappa shape index (κ3) is 3.96. The maximum absolute atomic E-state index is 6.13. The van der Waals surface area contributed by atoms with Crippen LogP contribution >= 0.6 is 23.2 Å². The normalized spacial score (nSPS) is 19.7. The summed E-state index contributed by atoms with van der Waals surface area (Å²) >= 11 is 12.2. The van der Waals surface area contributed by atoms with Crippen LogP contribution in [0.25, 0.3) is 0 Å². The van der Waals surface area contributed by atoms with Crippen LogP contribution in [0.3, 0.4) is 0 Å². The summed E-state index contributed by atoms with van der Waals surface area (Å²) in [6, 6.07) is 15.2. The van der Waals surface area contributed by atoms with Crippen molar-refractivity contribution < 1.29 is 0 Å². The maximum atomic E-state index is 6.13. The SMILES string of the molecule is NC1=NC(Nc2cccc(Cl)c2)N(c2ccc(Cl)cc2)C(N2CCCC2)=N1. The Morgan fingerprint density at radius 2 is 1.74 bits per heavy atom. The zero-order chi connectivity index (χ0) is 18.8. The van der Waals surface area contributed by atoms with E-state index < -0.39 is 6.29 Å². The molecule has 1 unspecified atom stereocenters. The van der Waals surface area contributed by atoms with Gasteiger partial charge in [-0.05, 0) is 55.3 Å². The summed E-state index contributed by atoms with van der Waals surface area (Å²) in [5.74, 6) is 1.04. The molecule has 2 aromatic carbocycles. The Balaban J connectivity index is 1.72. The number of hydrogen-bond donors (Lipinski definition) is 2. The van der Waals surface area contributed by atoms with E-state index in [1.807, 2.05) is 53.4 Å². The van der Waals surface area contributed by atoms with Crippen LogP contribution in [0.4, 0.5) is 11.4 Å². The number of benzene rings is 2. The highest BCUT2D eigenvalue weighted by Crippen LogP contribution is 2.27. The summed E-state index contributed by atoms with van der Waals surface area (Å²) in [5, 5.41) is 4.73. The molecule has 8 heteroatoms. The van der Waals surface area contributed by atoms with Gasteiger partial charge in [-0.2, -0.15) is 4.99 Å². The third-order valence-electron chi connectivity index (χ3n) is 4.54. The Morgan fingerprint density at radius 1 is 1.00 bits per heavy atom. The van der Waals surface area contributed by atoms with Crippen molar-refractivity contribution in [1.82, 2.24) is 4.90 Å². The molecule has 4 rings (SSSR count). The van der Waals surface area contributed by atoms with Gasteiger partial charge in [-0.25, -0.2) is 4.99 Å². The first-order chi connectivity index (χ1) is 13.1. The van der Waals surface area contributed by atoms with Crippen LogP contribution in [0.1, 0.15) is 12.8 Å². The van der Waals surface area contributed by atoms with Gasteiger partial charge in [0, 0.05) is 34.5 Å². The van der Waals surface area contributed by atoms with E-state index in [1.54, 1.807) is 0 Å². The smallest absolute Gasteiger partial charge is 0.222 e. The second kappa shape index (κ2) is 7.66. The van der Waals surface area contributed by atoms with Crippen molar-refractivity contribution >= 4 is 46.5 Å². The second-order valence-electron chi connectivity index (χ2n) is 6.47. The lowest BCUT2D eigenvalue weighted by Crippen LogP contribution is -2.54. The predicted molar refractivity (Wildman–Crippen MR) is 113 cm³/mol. The molecule has 6 nitrogen and oxygen atoms in total. The molecule has 0 aromatic heterocycles. The average molecular weight is 403 g/mol. The summed E-state index contributed by atoms with van der Waals surface area (Å²) in [7, 11) is 0. The van der Waals surface area contributed by atoms with Gasteiger partial charge in [0.1, 0.15) is 0 Å². The lowest BCUT2D eigenvalue weighted by molar-refractivity contribution is 0.497. The van der Waals surface area contributed by atoms with Crippen LogP contribution in [0.2, 0.25) is 10.0 Å². The number of rotatable bonds is 3. The number of likely N-dealkylation sites (tertiary alicyclic amines) is 1. The lowest BCUT2D eigenvalue weighted by Gasteiger charge is -2.38. The van der Waals surface area contributed by atoms with E-state index in [4.69, 9.17) is 28.9 Å². The Bertz CT molecular complexity index is 874. The van der Waals surface area contributed by atoms with Crippen LogP contribution in [-0.4, -0.2) is 36.2 Å². The Hall–Kier alpha value is -2.44. The van der Waals surface area contributed by atoms with Gasteiger partial charge in [0.15, 0.2) is 0 Å². The van der Waals surface area contributed by atoms with Crippen LogP contribution in [0.15, 0.2) is 58.5 Å². The molecule has 2 aliphatic heterocycles. The monoisotopic (exact) mass is 402 g/mol. The van der Waals surface area contributed by atoms with E-state index in [0.29, 0.717) is 10.0 Å². The third-order valence-corrected chi connectivity index (χ3v) is 5.03. The van der Waals surface area contributed by atoms with Crippen LogP contribution in [0, 0.1) is 0 Å². The van der Waals surface area contributed by atoms with Crippen molar-refractivity contribution in [2.75, 3.05) is 23.3 Å². The highest BCUT2D eigenvalue weighted by molar-refractivity contribution is 6.31. The highest BCUT2D eigenvalue weighted by Gasteiger charge is 2.32. The first-order valence-electron chi connectivity index (χ1n) is 8.84. The Morgan fingerprint density at radius 3 is 2.44 bits per heavy atom. The molecule has 140 valence electrons. The van der Waals surface area contributed by atoms with Gasteiger partial charge >= 0.3 is 0 Å². The van der Waals surface area contributed by atoms with E-state index in [0.717, 1.165) is 43.3 Å². The Labute approximate surface area is 168 Å². The number of nitrogens with two attached hydrogens (primary N) is 1. The van der Waals surface area contributed by atoms with E-state index >= 15 is 0 Å². The van der Waals surface area contributed by atoms with Gasteiger partial charge < -0.3 is 16.0 Å². The fourth-order valence-corrected chi connectivity index (χ4v) is 3.62. The Kier molecular flexibility index (Phi) is 5.09. The topological polar surface area (TPSA) is 69.2 Å². The zero-order valence-electron chi connectivity index (χ0n) is 14.6. The number of guanidine groups is 2. The van der Waals surface area contributed by atoms with Crippen molar-refractivity contribution in [3.8, 4) is 0 Å². The fourth-order valence-electron chi connectivity index (χ4n) is 3.30. The molecular formula is C19H20Cl2N6. The zero-order valence-corrected chi connectivity index (χ0v) is 16.2. The molecule has 1 saturated heterocycles. The van der Waals surface area contributed by atoms with Crippen LogP contribution in [0.5, 0.6) is 0 Å². The van der Waals surface area contributed by atoms with E-state index in [9.17, 15) is 0 Å². The van der Waals surface area contributed by atoms with Crippen LogP contribution in [-0.2, 0) is 0 Å². The van der Waals surface area contributed by atoms with Crippen molar-refractivity contribution in [2.45, 2.75) is 19.1 Å². The van der Waals surface area contributed by atoms with Gasteiger partial charge in [-0.15, -0.1) is 0 Å². The molecular weight excluding hydrogens is 383 g/mol. The number of nitrogens with zero attached hydrogens (tertiary/aromatic N) is 4. The van der Waals surface area contributed by atoms with Gasteiger partial charge in [0.05, 0.1) is 0 Å². The minimum Gasteiger partial charge on any atom is -0.368 e. The molecule has 0 radical (unpaired) electrons. The first kappa shape index (κ1) is 17.9. The largest absolute Gasteiger partial charge is 0.368 e. The number of anilines is 2. The number of aliphatic imine (C=N–C) groups is 2. The van der Waals surface area contributed by atoms with Crippen molar-refractivity contribution in [2.24, 2.45) is 15.7 Å². The highest BCUT2D eigenvalue weighted by atomic mass is 35.5. The number of hydrogen-bond acceptors (Lipinski definition) is 6. The molecule has 0 spiro atoms. The molecule has 2 heterocycles. The first-order valence-corrected chi connectivity index (χ1v) is 9.59. The van der Waals surface area contributed by atoms with Crippen molar-refractivity contribution in [3.05, 3.63) is 58.6 Å². The minimum atomic E-state index is -0.447. The lowest BCUT2D eigenvalue weighted by atomic mass is 10.2. The number of halogens is 2. The molecule has 0 amide bonds. The fraction of sp³-hybridized carbons (Fsp3) is 0.263. The molecule has 0 aliphatic carbocycles. The van der Waals surface area contributed by atoms with Gasteiger partial charge in [0.25, 0.3) is 0 Å². The minimum absolute atomic E-state index is 0.252. The number of nitrogens with one attached hydrogen (secondary N) is 1. The quantitative estimate of drug-likeness (QED) is 0.814. The predicted octanol–water partition coefficient (Wildman–Crippen LogP) is 3.98. The molecule has 1 atom stereocenters. The summed E-state index contributed by atoms with van der Waals surface area (Å²) < 4.78 is 0. The van der Waals surface area contributed by atoms with Gasteiger partial charge in [-0.3, -0.25) is 4.90 Å². The molecule has 27 heavy (non-hydrogen) atoms. The standard InChI is InChI=1S/C19H20Cl2N6/c20-13-6-8-16(9-7-13)27-18(23-15-5-3-4-14(21)12-15)24-17(22)25-19(27)26-10-1-2-11-26/h3-9,12,18,23H,1-2,10-11H2,(H2,22,24). The van der Waals surface area contributed by atoms with Gasteiger partial charge in [-0.1, -0.05) is 29.3 Å². The molecule has 0 bridgehead atoms. The van der Waals surface area contributed by atoms with E-state index in [1.165, 1.54) is 0 Å². The van der Waals surface area contributed by atoms with Crippen molar-refractivity contribution in [3.63, 3.8) is 0 Å².